The predicted molar refractivity (Wildman–Crippen MR) is 160 cm³/mol. The van der Waals surface area contributed by atoms with Gasteiger partial charge in [0.15, 0.2) is 0 Å². The van der Waals surface area contributed by atoms with Crippen LogP contribution in [0.3, 0.4) is 0 Å². The molecule has 1 aliphatic carbocycles. The van der Waals surface area contributed by atoms with Crippen molar-refractivity contribution in [2.45, 2.75) is 70.0 Å². The van der Waals surface area contributed by atoms with Crippen molar-refractivity contribution in [2.24, 2.45) is 0 Å². The molecule has 0 heterocycles. The van der Waals surface area contributed by atoms with E-state index in [1.165, 1.54) is 6.42 Å². The second-order valence-corrected chi connectivity index (χ2v) is 11.5. The topological polar surface area (TPSA) is 58.6 Å². The van der Waals surface area contributed by atoms with E-state index in [-0.39, 0.29) is 24.3 Å². The van der Waals surface area contributed by atoms with Crippen LogP contribution in [0, 0.1) is 0 Å². The number of nitrogens with zero attached hydrogens (tertiary/aromatic N) is 1. The SMILES string of the molecule is O=C(NC1CCCCC1)[C@@H](Cc1ccccc1)N(Cc1ccc(Br)cc1)C(=O)CCCOc1ccc(Cl)cc1. The van der Waals surface area contributed by atoms with Crippen LogP contribution in [-0.4, -0.2) is 35.4 Å². The molecule has 1 atom stereocenters. The zero-order valence-corrected chi connectivity index (χ0v) is 24.5. The number of benzene rings is 3. The van der Waals surface area contributed by atoms with E-state index in [9.17, 15) is 9.59 Å². The Hall–Kier alpha value is -2.83. The Morgan fingerprint density at radius 3 is 2.31 bits per heavy atom. The zero-order chi connectivity index (χ0) is 27.5. The summed E-state index contributed by atoms with van der Waals surface area (Å²) in [4.78, 5) is 29.3. The molecule has 0 aromatic heterocycles. The van der Waals surface area contributed by atoms with Crippen LogP contribution in [-0.2, 0) is 22.6 Å². The van der Waals surface area contributed by atoms with Crippen molar-refractivity contribution in [1.82, 2.24) is 10.2 Å². The van der Waals surface area contributed by atoms with E-state index in [0.29, 0.717) is 36.8 Å². The number of ether oxygens (including phenoxy) is 1. The van der Waals surface area contributed by atoms with Gasteiger partial charge in [-0.15, -0.1) is 0 Å². The molecule has 3 aromatic rings. The van der Waals surface area contributed by atoms with E-state index in [1.807, 2.05) is 66.7 Å². The number of carbonyl (C=O) groups is 2. The van der Waals surface area contributed by atoms with Crippen LogP contribution < -0.4 is 10.1 Å². The van der Waals surface area contributed by atoms with Gasteiger partial charge in [-0.05, 0) is 66.8 Å². The molecule has 0 bridgehead atoms. The van der Waals surface area contributed by atoms with Gasteiger partial charge in [0.1, 0.15) is 11.8 Å². The molecule has 0 unspecified atom stereocenters. The first-order valence-corrected chi connectivity index (χ1v) is 14.9. The summed E-state index contributed by atoms with van der Waals surface area (Å²) in [5.74, 6) is 0.582. The molecule has 5 nitrogen and oxygen atoms in total. The molecule has 39 heavy (non-hydrogen) atoms. The van der Waals surface area contributed by atoms with Gasteiger partial charge in [-0.3, -0.25) is 9.59 Å². The summed E-state index contributed by atoms with van der Waals surface area (Å²) in [6, 6.07) is 24.6. The molecule has 1 fully saturated rings. The van der Waals surface area contributed by atoms with E-state index in [0.717, 1.165) is 41.3 Å². The van der Waals surface area contributed by atoms with Crippen LogP contribution in [0.15, 0.2) is 83.3 Å². The van der Waals surface area contributed by atoms with Gasteiger partial charge in [0.2, 0.25) is 11.8 Å². The minimum atomic E-state index is -0.609. The molecule has 0 spiro atoms. The summed E-state index contributed by atoms with van der Waals surface area (Å²) in [5, 5.41) is 3.94. The van der Waals surface area contributed by atoms with Crippen LogP contribution in [0.5, 0.6) is 5.75 Å². The largest absolute Gasteiger partial charge is 0.494 e. The second-order valence-electron chi connectivity index (χ2n) is 10.1. The quantitative estimate of drug-likeness (QED) is 0.218. The van der Waals surface area contributed by atoms with Crippen LogP contribution in [0.4, 0.5) is 0 Å². The molecule has 0 radical (unpaired) electrons. The minimum absolute atomic E-state index is 0.0580. The molecular weight excluding hydrogens is 576 g/mol. The van der Waals surface area contributed by atoms with Crippen molar-refractivity contribution >= 4 is 39.3 Å². The fourth-order valence-corrected chi connectivity index (χ4v) is 5.36. The van der Waals surface area contributed by atoms with E-state index < -0.39 is 6.04 Å². The van der Waals surface area contributed by atoms with Gasteiger partial charge in [-0.2, -0.15) is 0 Å². The molecule has 1 saturated carbocycles. The zero-order valence-electron chi connectivity index (χ0n) is 22.2. The molecule has 206 valence electrons. The number of hydrogen-bond donors (Lipinski definition) is 1. The predicted octanol–water partition coefficient (Wildman–Crippen LogP) is 7.35. The van der Waals surface area contributed by atoms with Gasteiger partial charge >= 0.3 is 0 Å². The lowest BCUT2D eigenvalue weighted by Gasteiger charge is -2.33. The number of halogens is 2. The summed E-state index contributed by atoms with van der Waals surface area (Å²) in [5.41, 5.74) is 2.01. The lowest BCUT2D eigenvalue weighted by molar-refractivity contribution is -0.141. The van der Waals surface area contributed by atoms with Gasteiger partial charge < -0.3 is 15.0 Å². The third kappa shape index (κ3) is 9.40. The second kappa shape index (κ2) is 15.1. The third-order valence-electron chi connectivity index (χ3n) is 7.11. The van der Waals surface area contributed by atoms with Gasteiger partial charge in [0.25, 0.3) is 0 Å². The minimum Gasteiger partial charge on any atom is -0.494 e. The number of carbonyl (C=O) groups excluding carboxylic acids is 2. The first-order chi connectivity index (χ1) is 19.0. The smallest absolute Gasteiger partial charge is 0.243 e. The normalized spacial score (nSPS) is 14.4. The van der Waals surface area contributed by atoms with E-state index in [1.54, 1.807) is 17.0 Å². The highest BCUT2D eigenvalue weighted by molar-refractivity contribution is 9.10. The Bertz CT molecular complexity index is 1180. The molecule has 3 aromatic carbocycles. The highest BCUT2D eigenvalue weighted by Gasteiger charge is 2.31. The molecule has 2 amide bonds. The maximum absolute atomic E-state index is 13.8. The Morgan fingerprint density at radius 1 is 0.923 bits per heavy atom. The average molecular weight is 612 g/mol. The molecule has 0 aliphatic heterocycles. The Balaban J connectivity index is 1.51. The summed E-state index contributed by atoms with van der Waals surface area (Å²) >= 11 is 9.45. The lowest BCUT2D eigenvalue weighted by Crippen LogP contribution is -2.52. The van der Waals surface area contributed by atoms with Crippen molar-refractivity contribution in [1.29, 1.82) is 0 Å². The van der Waals surface area contributed by atoms with Crippen molar-refractivity contribution < 1.29 is 14.3 Å². The fraction of sp³-hybridized carbons (Fsp3) is 0.375. The van der Waals surface area contributed by atoms with Gasteiger partial charge in [0.05, 0.1) is 6.61 Å². The number of hydrogen-bond acceptors (Lipinski definition) is 3. The Kier molecular flexibility index (Phi) is 11.3. The summed E-state index contributed by atoms with van der Waals surface area (Å²) in [7, 11) is 0. The molecule has 7 heteroatoms. The van der Waals surface area contributed by atoms with Crippen LogP contribution in [0.25, 0.3) is 0 Å². The molecular formula is C32H36BrClN2O3. The fourth-order valence-electron chi connectivity index (χ4n) is 4.97. The van der Waals surface area contributed by atoms with Crippen LogP contribution >= 0.6 is 27.5 Å². The summed E-state index contributed by atoms with van der Waals surface area (Å²) in [6.45, 7) is 0.761. The summed E-state index contributed by atoms with van der Waals surface area (Å²) < 4.78 is 6.78. The van der Waals surface area contributed by atoms with Crippen LogP contribution in [0.2, 0.25) is 5.02 Å². The first kappa shape index (κ1) is 29.2. The Labute approximate surface area is 245 Å². The molecule has 1 N–H and O–H groups in total. The monoisotopic (exact) mass is 610 g/mol. The standard InChI is InChI=1S/C32H36BrClN2O3/c33-26-15-13-25(14-16-26)23-36(31(37)12-7-21-39-29-19-17-27(34)18-20-29)30(22-24-8-3-1-4-9-24)32(38)35-28-10-5-2-6-11-28/h1,3-4,8-9,13-20,28,30H,2,5-7,10-12,21-23H2,(H,35,38)/t30-/m1/s1. The maximum atomic E-state index is 13.8. The van der Waals surface area contributed by atoms with Crippen molar-refractivity contribution in [3.63, 3.8) is 0 Å². The molecule has 0 saturated heterocycles. The Morgan fingerprint density at radius 2 is 1.62 bits per heavy atom. The highest BCUT2D eigenvalue weighted by Crippen LogP contribution is 2.21. The number of rotatable bonds is 12. The maximum Gasteiger partial charge on any atom is 0.243 e. The lowest BCUT2D eigenvalue weighted by atomic mass is 9.94. The van der Waals surface area contributed by atoms with Crippen molar-refractivity contribution in [2.75, 3.05) is 6.61 Å². The van der Waals surface area contributed by atoms with E-state index >= 15 is 0 Å². The van der Waals surface area contributed by atoms with Crippen LogP contribution in [0.1, 0.15) is 56.1 Å². The molecule has 1 aliphatic rings. The van der Waals surface area contributed by atoms with Gasteiger partial charge in [0, 0.05) is 34.9 Å². The molecule has 4 rings (SSSR count). The summed E-state index contributed by atoms with van der Waals surface area (Å²) in [6.07, 6.45) is 6.74. The van der Waals surface area contributed by atoms with Gasteiger partial charge in [-0.25, -0.2) is 0 Å². The number of amides is 2. The average Bonchev–Trinajstić information content (AvgIpc) is 2.96. The number of nitrogens with one attached hydrogen (secondary N) is 1. The third-order valence-corrected chi connectivity index (χ3v) is 7.89. The van der Waals surface area contributed by atoms with E-state index in [2.05, 4.69) is 21.2 Å². The van der Waals surface area contributed by atoms with Gasteiger partial charge in [-0.1, -0.05) is 89.3 Å². The van der Waals surface area contributed by atoms with E-state index in [4.69, 9.17) is 16.3 Å². The van der Waals surface area contributed by atoms with Crippen molar-refractivity contribution in [3.05, 3.63) is 99.5 Å². The first-order valence-electron chi connectivity index (χ1n) is 13.7. The highest BCUT2D eigenvalue weighted by atomic mass is 79.9. The van der Waals surface area contributed by atoms with Crippen molar-refractivity contribution in [3.8, 4) is 5.75 Å².